The van der Waals surface area contributed by atoms with Crippen LogP contribution in [0.3, 0.4) is 0 Å². The first-order chi connectivity index (χ1) is 6.68. The van der Waals surface area contributed by atoms with Crippen molar-refractivity contribution in [3.63, 3.8) is 0 Å². The SMILES string of the molecule is N#C[C@]1(c2ncccc2F)C[C@H](F)C1. The second kappa shape index (κ2) is 3.02. The fourth-order valence-corrected chi connectivity index (χ4v) is 1.77. The Morgan fingerprint density at radius 3 is 2.79 bits per heavy atom. The first-order valence-electron chi connectivity index (χ1n) is 4.34. The highest BCUT2D eigenvalue weighted by molar-refractivity contribution is 5.32. The maximum atomic E-state index is 13.3. The van der Waals surface area contributed by atoms with Crippen LogP contribution in [0.5, 0.6) is 0 Å². The fourth-order valence-electron chi connectivity index (χ4n) is 1.77. The molecule has 1 aromatic heterocycles. The van der Waals surface area contributed by atoms with E-state index in [-0.39, 0.29) is 18.5 Å². The van der Waals surface area contributed by atoms with E-state index in [1.807, 2.05) is 6.07 Å². The predicted octanol–water partition coefficient (Wildman–Crippen LogP) is 2.11. The molecule has 2 rings (SSSR count). The molecule has 0 spiro atoms. The maximum Gasteiger partial charge on any atom is 0.146 e. The number of hydrogen-bond acceptors (Lipinski definition) is 2. The lowest BCUT2D eigenvalue weighted by atomic mass is 9.66. The van der Waals surface area contributed by atoms with Crippen LogP contribution < -0.4 is 0 Å². The molecule has 0 bridgehead atoms. The third-order valence-corrected chi connectivity index (χ3v) is 2.57. The number of alkyl halides is 1. The number of halogens is 2. The molecule has 0 amide bonds. The van der Waals surface area contributed by atoms with Gasteiger partial charge in [0.05, 0.1) is 11.8 Å². The Morgan fingerprint density at radius 1 is 1.57 bits per heavy atom. The second-order valence-corrected chi connectivity index (χ2v) is 3.53. The Bertz CT molecular complexity index is 391. The first-order valence-corrected chi connectivity index (χ1v) is 4.34. The molecular weight excluding hydrogens is 186 g/mol. The molecule has 2 nitrogen and oxygen atoms in total. The molecule has 1 fully saturated rings. The van der Waals surface area contributed by atoms with E-state index in [4.69, 9.17) is 5.26 Å². The summed E-state index contributed by atoms with van der Waals surface area (Å²) in [5.41, 5.74) is -0.957. The highest BCUT2D eigenvalue weighted by atomic mass is 19.1. The van der Waals surface area contributed by atoms with Gasteiger partial charge in [-0.05, 0) is 12.1 Å². The number of aromatic nitrogens is 1. The summed E-state index contributed by atoms with van der Waals surface area (Å²) >= 11 is 0. The van der Waals surface area contributed by atoms with Crippen molar-refractivity contribution in [2.75, 3.05) is 0 Å². The lowest BCUT2D eigenvalue weighted by Crippen LogP contribution is -2.42. The molecule has 72 valence electrons. The lowest BCUT2D eigenvalue weighted by molar-refractivity contribution is 0.128. The summed E-state index contributed by atoms with van der Waals surface area (Å²) in [7, 11) is 0. The van der Waals surface area contributed by atoms with Crippen LogP contribution in [0.2, 0.25) is 0 Å². The van der Waals surface area contributed by atoms with E-state index >= 15 is 0 Å². The third kappa shape index (κ3) is 1.17. The Kier molecular flexibility index (Phi) is 1.95. The lowest BCUT2D eigenvalue weighted by Gasteiger charge is -2.37. The summed E-state index contributed by atoms with van der Waals surface area (Å²) in [6, 6.07) is 4.66. The van der Waals surface area contributed by atoms with Gasteiger partial charge in [0.1, 0.15) is 17.4 Å². The summed E-state index contributed by atoms with van der Waals surface area (Å²) in [6.45, 7) is 0. The van der Waals surface area contributed by atoms with Gasteiger partial charge in [0, 0.05) is 19.0 Å². The van der Waals surface area contributed by atoms with Gasteiger partial charge in [-0.25, -0.2) is 8.78 Å². The zero-order chi connectivity index (χ0) is 10.2. The van der Waals surface area contributed by atoms with Crippen molar-refractivity contribution >= 4 is 0 Å². The number of pyridine rings is 1. The second-order valence-electron chi connectivity index (χ2n) is 3.53. The van der Waals surface area contributed by atoms with Crippen LogP contribution in [-0.4, -0.2) is 11.2 Å². The summed E-state index contributed by atoms with van der Waals surface area (Å²) in [5.74, 6) is -0.527. The van der Waals surface area contributed by atoms with Crippen LogP contribution in [0.15, 0.2) is 18.3 Å². The van der Waals surface area contributed by atoms with E-state index in [9.17, 15) is 8.78 Å². The minimum atomic E-state index is -1.04. The van der Waals surface area contributed by atoms with Crippen LogP contribution >= 0.6 is 0 Å². The van der Waals surface area contributed by atoms with Gasteiger partial charge in [0.2, 0.25) is 0 Å². The molecule has 0 N–H and O–H groups in total. The molecular formula is C10H8F2N2. The van der Waals surface area contributed by atoms with Crippen LogP contribution in [0.4, 0.5) is 8.78 Å². The summed E-state index contributed by atoms with van der Waals surface area (Å²) < 4.78 is 26.0. The Hall–Kier alpha value is -1.50. The van der Waals surface area contributed by atoms with Gasteiger partial charge in [-0.1, -0.05) is 0 Å². The molecule has 0 aliphatic heterocycles. The highest BCUT2D eigenvalue weighted by Gasteiger charge is 2.49. The molecule has 0 saturated heterocycles. The standard InChI is InChI=1S/C10H8F2N2/c11-7-4-10(5-7,6-13)9-8(12)2-1-3-14-9/h1-3,7H,4-5H2/t7-,10-. The van der Waals surface area contributed by atoms with Crippen LogP contribution in [-0.2, 0) is 5.41 Å². The van der Waals surface area contributed by atoms with Gasteiger partial charge in [-0.2, -0.15) is 5.26 Å². The van der Waals surface area contributed by atoms with Crippen molar-refractivity contribution < 1.29 is 8.78 Å². The molecule has 1 heterocycles. The molecule has 0 unspecified atom stereocenters. The average molecular weight is 194 g/mol. The number of nitriles is 1. The molecule has 1 aromatic rings. The molecule has 0 atom stereocenters. The molecule has 1 aliphatic carbocycles. The van der Waals surface area contributed by atoms with Crippen LogP contribution in [0.1, 0.15) is 18.5 Å². The summed E-state index contributed by atoms with van der Waals surface area (Å²) in [6.07, 6.45) is 0.522. The van der Waals surface area contributed by atoms with Gasteiger partial charge in [-0.3, -0.25) is 4.98 Å². The summed E-state index contributed by atoms with van der Waals surface area (Å²) in [4.78, 5) is 3.81. The molecule has 14 heavy (non-hydrogen) atoms. The highest BCUT2D eigenvalue weighted by Crippen LogP contribution is 2.44. The van der Waals surface area contributed by atoms with Crippen molar-refractivity contribution in [1.82, 2.24) is 4.98 Å². The number of hydrogen-bond donors (Lipinski definition) is 0. The van der Waals surface area contributed by atoms with E-state index in [0.717, 1.165) is 0 Å². The zero-order valence-corrected chi connectivity index (χ0v) is 7.37. The van der Waals surface area contributed by atoms with E-state index in [2.05, 4.69) is 4.98 Å². The van der Waals surface area contributed by atoms with Crippen LogP contribution in [0.25, 0.3) is 0 Å². The largest absolute Gasteiger partial charge is 0.257 e. The van der Waals surface area contributed by atoms with Crippen molar-refractivity contribution in [1.29, 1.82) is 5.26 Å². The van der Waals surface area contributed by atoms with Crippen molar-refractivity contribution in [3.05, 3.63) is 29.8 Å². The number of rotatable bonds is 1. The van der Waals surface area contributed by atoms with E-state index in [1.165, 1.54) is 18.3 Å². The molecule has 0 radical (unpaired) electrons. The smallest absolute Gasteiger partial charge is 0.146 e. The molecule has 1 saturated carbocycles. The number of nitrogens with zero attached hydrogens (tertiary/aromatic N) is 2. The van der Waals surface area contributed by atoms with E-state index in [1.54, 1.807) is 0 Å². The van der Waals surface area contributed by atoms with E-state index < -0.39 is 17.4 Å². The molecule has 0 aromatic carbocycles. The van der Waals surface area contributed by atoms with Crippen molar-refractivity contribution in [2.45, 2.75) is 24.4 Å². The Labute approximate surface area is 80.2 Å². The predicted molar refractivity (Wildman–Crippen MR) is 45.6 cm³/mol. The monoisotopic (exact) mass is 194 g/mol. The third-order valence-electron chi connectivity index (χ3n) is 2.57. The molecule has 1 aliphatic rings. The minimum absolute atomic E-state index is 0.0530. The normalized spacial score (nSPS) is 30.5. The van der Waals surface area contributed by atoms with Crippen molar-refractivity contribution in [3.8, 4) is 6.07 Å². The topological polar surface area (TPSA) is 36.7 Å². The quantitative estimate of drug-likeness (QED) is 0.686. The summed E-state index contributed by atoms with van der Waals surface area (Å²) in [5, 5.41) is 8.91. The average Bonchev–Trinajstić information content (AvgIpc) is 2.14. The first kappa shape index (κ1) is 9.07. The van der Waals surface area contributed by atoms with Gasteiger partial charge in [0.15, 0.2) is 0 Å². The van der Waals surface area contributed by atoms with Gasteiger partial charge in [0.25, 0.3) is 0 Å². The molecule has 4 heteroatoms. The van der Waals surface area contributed by atoms with Crippen molar-refractivity contribution in [2.24, 2.45) is 0 Å². The Balaban J connectivity index is 2.40. The fraction of sp³-hybridized carbons (Fsp3) is 0.400. The minimum Gasteiger partial charge on any atom is -0.257 e. The maximum absolute atomic E-state index is 13.3. The zero-order valence-electron chi connectivity index (χ0n) is 7.37. The Morgan fingerprint density at radius 2 is 2.29 bits per heavy atom. The van der Waals surface area contributed by atoms with Gasteiger partial charge >= 0.3 is 0 Å². The van der Waals surface area contributed by atoms with E-state index in [0.29, 0.717) is 0 Å². The van der Waals surface area contributed by atoms with Gasteiger partial charge < -0.3 is 0 Å². The van der Waals surface area contributed by atoms with Crippen LogP contribution in [0, 0.1) is 17.1 Å². The van der Waals surface area contributed by atoms with Gasteiger partial charge in [-0.15, -0.1) is 0 Å².